The number of likely N-dealkylation sites (tertiary alicyclic amines) is 1. The molecule has 0 amide bonds. The molecule has 206 valence electrons. The van der Waals surface area contributed by atoms with Gasteiger partial charge >= 0.3 is 0 Å². The third kappa shape index (κ3) is 6.36. The first-order chi connectivity index (χ1) is 18.0. The highest BCUT2D eigenvalue weighted by Gasteiger charge is 2.29. The highest BCUT2D eigenvalue weighted by molar-refractivity contribution is 8.07. The second kappa shape index (κ2) is 11.4. The SMILES string of the molecule is CN/C=C(/Nc1nc(Nc2cc(F)c(C3CCN(C)C3)cc2OC2CC2)ncc1Cl)C(=N)S(=O)(=O)C(C)C. The van der Waals surface area contributed by atoms with Crippen molar-refractivity contribution < 1.29 is 17.5 Å². The summed E-state index contributed by atoms with van der Waals surface area (Å²) in [5, 5.41) is 15.5. The van der Waals surface area contributed by atoms with Gasteiger partial charge in [-0.05, 0) is 58.3 Å². The lowest BCUT2D eigenvalue weighted by Crippen LogP contribution is -2.28. The van der Waals surface area contributed by atoms with Crippen molar-refractivity contribution in [3.8, 4) is 5.75 Å². The molecule has 2 heterocycles. The summed E-state index contributed by atoms with van der Waals surface area (Å²) < 4.78 is 46.5. The van der Waals surface area contributed by atoms with Gasteiger partial charge in [-0.3, -0.25) is 5.41 Å². The van der Waals surface area contributed by atoms with E-state index in [9.17, 15) is 8.42 Å². The molecule has 2 fully saturated rings. The van der Waals surface area contributed by atoms with Gasteiger partial charge in [0.1, 0.15) is 16.6 Å². The molecule has 1 aromatic carbocycles. The number of benzene rings is 1. The average molecular weight is 566 g/mol. The second-order valence-electron chi connectivity index (χ2n) is 9.84. The van der Waals surface area contributed by atoms with Crippen molar-refractivity contribution >= 4 is 43.9 Å². The maximum atomic E-state index is 15.2. The number of ether oxygens (including phenoxy) is 1. The Morgan fingerprint density at radius 1 is 1.32 bits per heavy atom. The predicted octanol–water partition coefficient (Wildman–Crippen LogP) is 4.25. The molecule has 1 unspecified atom stereocenters. The number of aromatic nitrogens is 2. The summed E-state index contributed by atoms with van der Waals surface area (Å²) in [6, 6.07) is 3.16. The molecule has 1 aromatic heterocycles. The zero-order valence-corrected chi connectivity index (χ0v) is 23.4. The molecule has 2 aliphatic rings. The van der Waals surface area contributed by atoms with Crippen LogP contribution in [-0.4, -0.2) is 66.9 Å². The van der Waals surface area contributed by atoms with Crippen LogP contribution in [0.2, 0.25) is 5.02 Å². The van der Waals surface area contributed by atoms with Crippen LogP contribution >= 0.6 is 11.6 Å². The Balaban J connectivity index is 1.62. The van der Waals surface area contributed by atoms with Crippen molar-refractivity contribution in [3.63, 3.8) is 0 Å². The van der Waals surface area contributed by atoms with Gasteiger partial charge in [0.2, 0.25) is 5.95 Å². The number of nitrogens with one attached hydrogen (secondary N) is 4. The van der Waals surface area contributed by atoms with Crippen LogP contribution in [-0.2, 0) is 9.84 Å². The van der Waals surface area contributed by atoms with Gasteiger partial charge in [-0.1, -0.05) is 11.6 Å². The molecule has 1 saturated heterocycles. The minimum absolute atomic E-state index is 0.0394. The molecule has 0 radical (unpaired) electrons. The first-order valence-electron chi connectivity index (χ1n) is 12.4. The summed E-state index contributed by atoms with van der Waals surface area (Å²) in [5.74, 6) is 0.437. The normalized spacial score (nSPS) is 18.5. The smallest absolute Gasteiger partial charge is 0.229 e. The van der Waals surface area contributed by atoms with Crippen molar-refractivity contribution in [2.75, 3.05) is 37.8 Å². The number of hydrogen-bond acceptors (Lipinski definition) is 10. The summed E-state index contributed by atoms with van der Waals surface area (Å²) in [6.45, 7) is 4.69. The molecule has 1 atom stereocenters. The lowest BCUT2D eigenvalue weighted by Gasteiger charge is -2.18. The summed E-state index contributed by atoms with van der Waals surface area (Å²) in [4.78, 5) is 10.7. The fourth-order valence-corrected chi connectivity index (χ4v) is 5.11. The number of anilines is 3. The Labute approximate surface area is 227 Å². The van der Waals surface area contributed by atoms with E-state index in [1.54, 1.807) is 13.1 Å². The van der Waals surface area contributed by atoms with Crippen LogP contribution in [0.4, 0.5) is 21.8 Å². The van der Waals surface area contributed by atoms with Crippen molar-refractivity contribution in [2.45, 2.75) is 50.4 Å². The number of rotatable bonds is 10. The van der Waals surface area contributed by atoms with Gasteiger partial charge in [-0.15, -0.1) is 0 Å². The van der Waals surface area contributed by atoms with Gasteiger partial charge in [-0.2, -0.15) is 4.98 Å². The Morgan fingerprint density at radius 3 is 2.66 bits per heavy atom. The summed E-state index contributed by atoms with van der Waals surface area (Å²) in [7, 11) is -0.270. The molecule has 0 spiro atoms. The Morgan fingerprint density at radius 2 is 2.05 bits per heavy atom. The Kier molecular flexibility index (Phi) is 8.43. The maximum Gasteiger partial charge on any atom is 0.229 e. The number of hydrogen-bond donors (Lipinski definition) is 4. The fourth-order valence-electron chi connectivity index (χ4n) is 4.09. The highest BCUT2D eigenvalue weighted by atomic mass is 35.5. The van der Waals surface area contributed by atoms with Crippen molar-refractivity contribution in [1.82, 2.24) is 20.2 Å². The van der Waals surface area contributed by atoms with Gasteiger partial charge < -0.3 is 25.6 Å². The zero-order valence-electron chi connectivity index (χ0n) is 21.8. The molecule has 38 heavy (non-hydrogen) atoms. The molecule has 2 aromatic rings. The van der Waals surface area contributed by atoms with E-state index < -0.39 is 20.1 Å². The predicted molar refractivity (Wildman–Crippen MR) is 148 cm³/mol. The number of likely N-dealkylation sites (N-methyl/N-ethyl adjacent to an activating group) is 1. The summed E-state index contributed by atoms with van der Waals surface area (Å²) >= 11 is 6.29. The van der Waals surface area contributed by atoms with Crippen LogP contribution in [0.3, 0.4) is 0 Å². The van der Waals surface area contributed by atoms with Gasteiger partial charge in [0.25, 0.3) is 0 Å². The lowest BCUT2D eigenvalue weighted by molar-refractivity contribution is 0.303. The van der Waals surface area contributed by atoms with Crippen molar-refractivity contribution in [3.05, 3.63) is 46.6 Å². The molecule has 1 aliphatic heterocycles. The minimum atomic E-state index is -3.87. The topological polar surface area (TPSA) is 132 Å². The molecule has 1 saturated carbocycles. The third-order valence-corrected chi connectivity index (χ3v) is 8.74. The molecular weight excluding hydrogens is 533 g/mol. The summed E-state index contributed by atoms with van der Waals surface area (Å²) in [5.41, 5.74) is 0.961. The van der Waals surface area contributed by atoms with Gasteiger partial charge in [0.05, 0.1) is 28.9 Å². The molecule has 1 aliphatic carbocycles. The van der Waals surface area contributed by atoms with E-state index in [0.717, 1.165) is 32.4 Å². The zero-order chi connectivity index (χ0) is 27.6. The van der Waals surface area contributed by atoms with Gasteiger partial charge in [0, 0.05) is 31.8 Å². The molecule has 13 heteroatoms. The van der Waals surface area contributed by atoms with E-state index in [1.807, 2.05) is 7.05 Å². The quantitative estimate of drug-likeness (QED) is 0.246. The van der Waals surface area contributed by atoms with Crippen LogP contribution < -0.4 is 20.7 Å². The van der Waals surface area contributed by atoms with Crippen LogP contribution in [0.25, 0.3) is 0 Å². The monoisotopic (exact) mass is 565 g/mol. The highest BCUT2D eigenvalue weighted by Crippen LogP contribution is 2.39. The van der Waals surface area contributed by atoms with E-state index in [2.05, 4.69) is 30.8 Å². The van der Waals surface area contributed by atoms with Gasteiger partial charge in [0.15, 0.2) is 20.7 Å². The van der Waals surface area contributed by atoms with Crippen molar-refractivity contribution in [1.29, 1.82) is 5.41 Å². The third-order valence-electron chi connectivity index (χ3n) is 6.43. The maximum absolute atomic E-state index is 15.2. The molecule has 10 nitrogen and oxygen atoms in total. The minimum Gasteiger partial charge on any atom is -0.488 e. The van der Waals surface area contributed by atoms with Gasteiger partial charge in [-0.25, -0.2) is 17.8 Å². The van der Waals surface area contributed by atoms with E-state index in [-0.39, 0.29) is 40.3 Å². The number of sulfone groups is 1. The molecule has 4 N–H and O–H groups in total. The van der Waals surface area contributed by atoms with E-state index in [4.69, 9.17) is 21.7 Å². The first kappa shape index (κ1) is 28.1. The molecular formula is C25H33ClFN7O3S. The molecule has 4 rings (SSSR count). The lowest BCUT2D eigenvalue weighted by atomic mass is 9.97. The Hall–Kier alpha value is -2.96. The fraction of sp³-hybridized carbons (Fsp3) is 0.480. The Bertz CT molecular complexity index is 1350. The number of nitrogens with zero attached hydrogens (tertiary/aromatic N) is 3. The van der Waals surface area contributed by atoms with Crippen LogP contribution in [0.15, 0.2) is 30.2 Å². The van der Waals surface area contributed by atoms with E-state index in [1.165, 1.54) is 32.3 Å². The van der Waals surface area contributed by atoms with E-state index in [0.29, 0.717) is 17.0 Å². The first-order valence-corrected chi connectivity index (χ1v) is 14.4. The average Bonchev–Trinajstić information content (AvgIpc) is 3.58. The van der Waals surface area contributed by atoms with Crippen LogP contribution in [0.5, 0.6) is 5.75 Å². The largest absolute Gasteiger partial charge is 0.488 e. The van der Waals surface area contributed by atoms with E-state index >= 15 is 4.39 Å². The standard InChI is InChI=1S/C25H33ClFN7O3S/c1-14(2)38(35,36)23(28)21(12-29-3)31-24-18(26)11-30-25(33-24)32-20-10-19(27)17(15-7-8-34(4)13-15)9-22(20)37-16-5-6-16/h9-12,14-16,28-29H,5-8,13H2,1-4H3,(H2,30,31,32,33)/b21-12+,28-23?. The van der Waals surface area contributed by atoms with Crippen LogP contribution in [0.1, 0.15) is 44.6 Å². The molecule has 0 bridgehead atoms. The van der Waals surface area contributed by atoms with Crippen LogP contribution in [0, 0.1) is 11.2 Å². The second-order valence-corrected chi connectivity index (χ2v) is 12.7. The number of halogens is 2. The van der Waals surface area contributed by atoms with Crippen molar-refractivity contribution in [2.24, 2.45) is 0 Å². The summed E-state index contributed by atoms with van der Waals surface area (Å²) in [6.07, 6.45) is 5.51.